The number of anilines is 1. The Morgan fingerprint density at radius 2 is 2.25 bits per heavy atom. The lowest BCUT2D eigenvalue weighted by atomic mass is 9.92. The Hall–Kier alpha value is -1.38. The predicted molar refractivity (Wildman–Crippen MR) is 83.0 cm³/mol. The van der Waals surface area contributed by atoms with Crippen molar-refractivity contribution in [3.05, 3.63) is 31.9 Å². The van der Waals surface area contributed by atoms with Crippen molar-refractivity contribution in [3.63, 3.8) is 0 Å². The molecule has 1 aromatic rings. The molecule has 0 amide bonds. The van der Waals surface area contributed by atoms with Crippen molar-refractivity contribution in [2.75, 3.05) is 11.4 Å². The lowest BCUT2D eigenvalue weighted by Gasteiger charge is -2.37. The van der Waals surface area contributed by atoms with Gasteiger partial charge < -0.3 is 10.0 Å². The summed E-state index contributed by atoms with van der Waals surface area (Å²) < 4.78 is 0.760. The van der Waals surface area contributed by atoms with Crippen molar-refractivity contribution >= 4 is 39.9 Å². The fourth-order valence-electron chi connectivity index (χ4n) is 2.55. The van der Waals surface area contributed by atoms with Gasteiger partial charge >= 0.3 is 5.97 Å². The van der Waals surface area contributed by atoms with E-state index in [-0.39, 0.29) is 5.69 Å². The molecule has 7 heteroatoms. The zero-order valence-corrected chi connectivity index (χ0v) is 13.1. The van der Waals surface area contributed by atoms with E-state index < -0.39 is 16.9 Å². The van der Waals surface area contributed by atoms with Crippen molar-refractivity contribution in [2.45, 2.75) is 25.8 Å². The van der Waals surface area contributed by atoms with Crippen molar-refractivity contribution in [2.24, 2.45) is 5.92 Å². The number of hydrogen-bond donors (Lipinski definition) is 1. The van der Waals surface area contributed by atoms with Gasteiger partial charge in [0.05, 0.1) is 4.92 Å². The second kappa shape index (κ2) is 5.94. The maximum Gasteiger partial charge on any atom is 0.326 e. The molecule has 1 aliphatic heterocycles. The van der Waals surface area contributed by atoms with Crippen LogP contribution in [0.3, 0.4) is 0 Å². The van der Waals surface area contributed by atoms with Gasteiger partial charge in [-0.15, -0.1) is 0 Å². The van der Waals surface area contributed by atoms with Crippen molar-refractivity contribution < 1.29 is 14.8 Å². The number of nitrogens with zero attached hydrogens (tertiary/aromatic N) is 2. The summed E-state index contributed by atoms with van der Waals surface area (Å²) in [5.41, 5.74) is 0.368. The van der Waals surface area contributed by atoms with Gasteiger partial charge in [0.2, 0.25) is 0 Å². The van der Waals surface area contributed by atoms with Crippen LogP contribution in [0.1, 0.15) is 19.8 Å². The van der Waals surface area contributed by atoms with Crippen LogP contribution in [-0.4, -0.2) is 28.6 Å². The number of halogens is 1. The zero-order valence-electron chi connectivity index (χ0n) is 11.0. The average Bonchev–Trinajstić information content (AvgIpc) is 2.38. The minimum Gasteiger partial charge on any atom is -0.480 e. The fraction of sp³-hybridized carbons (Fsp3) is 0.462. The van der Waals surface area contributed by atoms with E-state index >= 15 is 0 Å². The Morgan fingerprint density at radius 3 is 2.85 bits per heavy atom. The number of carboxylic acid groups (broad SMARTS) is 1. The van der Waals surface area contributed by atoms with Crippen LogP contribution in [0.25, 0.3) is 0 Å². The first-order valence-corrected chi connectivity index (χ1v) is 7.41. The van der Waals surface area contributed by atoms with Crippen LogP contribution in [0, 0.1) is 19.6 Å². The first-order valence-electron chi connectivity index (χ1n) is 6.33. The molecule has 1 aromatic carbocycles. The van der Waals surface area contributed by atoms with Gasteiger partial charge in [0.15, 0.2) is 0 Å². The summed E-state index contributed by atoms with van der Waals surface area (Å²) in [4.78, 5) is 23.8. The first-order chi connectivity index (χ1) is 9.40. The van der Waals surface area contributed by atoms with E-state index in [0.717, 1.165) is 9.99 Å². The number of carbonyl (C=O) groups is 1. The largest absolute Gasteiger partial charge is 0.480 e. The molecule has 0 bridgehead atoms. The van der Waals surface area contributed by atoms with Gasteiger partial charge in [-0.05, 0) is 53.5 Å². The molecule has 2 rings (SSSR count). The Morgan fingerprint density at radius 1 is 1.55 bits per heavy atom. The molecule has 2 atom stereocenters. The molecule has 6 nitrogen and oxygen atoms in total. The van der Waals surface area contributed by atoms with E-state index in [9.17, 15) is 20.0 Å². The van der Waals surface area contributed by atoms with Crippen LogP contribution in [0.15, 0.2) is 18.2 Å². The standard InChI is InChI=1S/C13H15IN2O4/c1-8-4-5-15(12(6-8)13(17)18)10-3-2-9(14)7-11(10)16(19)20/h2-3,7-8,12H,4-6H2,1H3,(H,17,18). The van der Waals surface area contributed by atoms with Gasteiger partial charge in [0.25, 0.3) is 5.69 Å². The zero-order chi connectivity index (χ0) is 14.9. The molecule has 0 aromatic heterocycles. The molecular formula is C13H15IN2O4. The molecule has 0 spiro atoms. The van der Waals surface area contributed by atoms with Crippen LogP contribution in [0.4, 0.5) is 11.4 Å². The van der Waals surface area contributed by atoms with E-state index in [0.29, 0.717) is 24.6 Å². The monoisotopic (exact) mass is 390 g/mol. The Balaban J connectivity index is 2.43. The number of rotatable bonds is 3. The SMILES string of the molecule is CC1CCN(c2ccc(I)cc2[N+](=O)[O-])C(C(=O)O)C1. The summed E-state index contributed by atoms with van der Waals surface area (Å²) in [5, 5.41) is 20.5. The second-order valence-corrected chi connectivity index (χ2v) is 6.31. The van der Waals surface area contributed by atoms with Crippen molar-refractivity contribution in [1.29, 1.82) is 0 Å². The summed E-state index contributed by atoms with van der Waals surface area (Å²) >= 11 is 2.01. The maximum absolute atomic E-state index is 11.4. The molecule has 1 N–H and O–H groups in total. The molecule has 1 aliphatic rings. The number of hydrogen-bond acceptors (Lipinski definition) is 4. The van der Waals surface area contributed by atoms with E-state index in [1.54, 1.807) is 17.0 Å². The van der Waals surface area contributed by atoms with Crippen LogP contribution < -0.4 is 4.90 Å². The Bertz CT molecular complexity index is 549. The molecule has 1 saturated heterocycles. The number of aliphatic carboxylic acids is 1. The topological polar surface area (TPSA) is 83.7 Å². The van der Waals surface area contributed by atoms with E-state index in [1.807, 2.05) is 29.5 Å². The normalized spacial score (nSPS) is 22.6. The van der Waals surface area contributed by atoms with Gasteiger partial charge in [0.1, 0.15) is 11.7 Å². The van der Waals surface area contributed by atoms with E-state index in [4.69, 9.17) is 0 Å². The lowest BCUT2D eigenvalue weighted by Crippen LogP contribution is -2.47. The van der Waals surface area contributed by atoms with E-state index in [2.05, 4.69) is 0 Å². The third-order valence-electron chi connectivity index (χ3n) is 3.59. The maximum atomic E-state index is 11.4. The minimum atomic E-state index is -0.926. The number of piperidine rings is 1. The summed E-state index contributed by atoms with van der Waals surface area (Å²) in [6, 6.07) is 4.19. The third kappa shape index (κ3) is 3.02. The summed E-state index contributed by atoms with van der Waals surface area (Å²) in [5.74, 6) is -0.611. The van der Waals surface area contributed by atoms with Crippen molar-refractivity contribution in [1.82, 2.24) is 0 Å². The van der Waals surface area contributed by atoms with E-state index in [1.165, 1.54) is 6.07 Å². The highest BCUT2D eigenvalue weighted by Crippen LogP contribution is 2.35. The van der Waals surface area contributed by atoms with Crippen molar-refractivity contribution in [3.8, 4) is 0 Å². The number of nitro benzene ring substituents is 1. The third-order valence-corrected chi connectivity index (χ3v) is 4.26. The first kappa shape index (κ1) is 15.0. The van der Waals surface area contributed by atoms with Crippen LogP contribution in [0.2, 0.25) is 0 Å². The lowest BCUT2D eigenvalue weighted by molar-refractivity contribution is -0.384. The number of nitro groups is 1. The molecule has 0 saturated carbocycles. The van der Waals surface area contributed by atoms with Gasteiger partial charge in [-0.3, -0.25) is 10.1 Å². The molecule has 0 radical (unpaired) electrons. The number of benzene rings is 1. The van der Waals surface area contributed by atoms with Gasteiger partial charge in [0, 0.05) is 16.2 Å². The fourth-order valence-corrected chi connectivity index (χ4v) is 3.02. The van der Waals surface area contributed by atoms with Crippen LogP contribution in [-0.2, 0) is 4.79 Å². The highest BCUT2D eigenvalue weighted by atomic mass is 127. The smallest absolute Gasteiger partial charge is 0.326 e. The Kier molecular flexibility index (Phi) is 4.46. The summed E-state index contributed by atoms with van der Waals surface area (Å²) in [6.07, 6.45) is 1.35. The summed E-state index contributed by atoms with van der Waals surface area (Å²) in [7, 11) is 0. The average molecular weight is 390 g/mol. The van der Waals surface area contributed by atoms with Crippen LogP contribution >= 0.6 is 22.6 Å². The molecule has 2 unspecified atom stereocenters. The molecule has 1 heterocycles. The molecule has 20 heavy (non-hydrogen) atoms. The second-order valence-electron chi connectivity index (χ2n) is 5.07. The highest BCUT2D eigenvalue weighted by Gasteiger charge is 2.34. The summed E-state index contributed by atoms with van der Waals surface area (Å²) in [6.45, 7) is 2.54. The molecule has 108 valence electrons. The predicted octanol–water partition coefficient (Wildman–Crippen LogP) is 2.89. The molecular weight excluding hydrogens is 375 g/mol. The molecule has 1 fully saturated rings. The Labute approximate surface area is 130 Å². The quantitative estimate of drug-likeness (QED) is 0.488. The minimum absolute atomic E-state index is 0.0299. The van der Waals surface area contributed by atoms with Gasteiger partial charge in [-0.25, -0.2) is 4.79 Å². The van der Waals surface area contributed by atoms with Gasteiger partial charge in [-0.2, -0.15) is 0 Å². The number of carboxylic acids is 1. The van der Waals surface area contributed by atoms with Gasteiger partial charge in [-0.1, -0.05) is 6.92 Å². The molecule has 0 aliphatic carbocycles. The highest BCUT2D eigenvalue weighted by molar-refractivity contribution is 14.1. The van der Waals surface area contributed by atoms with Crippen LogP contribution in [0.5, 0.6) is 0 Å².